The van der Waals surface area contributed by atoms with Gasteiger partial charge in [-0.25, -0.2) is 0 Å². The van der Waals surface area contributed by atoms with Crippen LogP contribution in [0.1, 0.15) is 13.8 Å². The highest BCUT2D eigenvalue weighted by molar-refractivity contribution is 7.78. The first-order chi connectivity index (χ1) is 11.4. The molecule has 0 bridgehead atoms. The molecule has 0 aromatic carbocycles. The second-order valence-electron chi connectivity index (χ2n) is 4.54. The molecule has 5 atom stereocenters. The Hall–Kier alpha value is -2.68. The van der Waals surface area contributed by atoms with Gasteiger partial charge in [0.2, 0.25) is 0 Å². The maximum absolute atomic E-state index is 11.3. The van der Waals surface area contributed by atoms with Gasteiger partial charge in [-0.2, -0.15) is 4.99 Å². The number of carbonyl (C=O) groups excluding carboxylic acids is 2. The number of isothiocyanates is 1. The summed E-state index contributed by atoms with van der Waals surface area (Å²) >= 11 is 4.52. The van der Waals surface area contributed by atoms with Gasteiger partial charge in [-0.15, -0.1) is 0 Å². The number of ether oxygens (including phenoxy) is 3. The molecule has 0 amide bonds. The minimum absolute atomic E-state index is 0.234. The highest BCUT2D eigenvalue weighted by atomic mass is 32.1. The van der Waals surface area contributed by atoms with Crippen LogP contribution in [0.15, 0.2) is 15.2 Å². The van der Waals surface area contributed by atoms with Crippen LogP contribution >= 0.6 is 12.2 Å². The number of esters is 2. The zero-order valence-corrected chi connectivity index (χ0v) is 13.5. The average Bonchev–Trinajstić information content (AvgIpc) is 2.50. The van der Waals surface area contributed by atoms with E-state index < -0.39 is 42.5 Å². The van der Waals surface area contributed by atoms with E-state index in [2.05, 4.69) is 42.4 Å². The van der Waals surface area contributed by atoms with Crippen LogP contribution in [0.5, 0.6) is 0 Å². The van der Waals surface area contributed by atoms with Crippen molar-refractivity contribution in [2.45, 2.75) is 44.4 Å². The summed E-state index contributed by atoms with van der Waals surface area (Å²) in [6.45, 7) is 2.04. The fourth-order valence-electron chi connectivity index (χ4n) is 2.18. The zero-order chi connectivity index (χ0) is 18.1. The largest absolute Gasteiger partial charge is 0.459 e. The van der Waals surface area contributed by atoms with Gasteiger partial charge in [-0.3, -0.25) is 9.59 Å². The van der Waals surface area contributed by atoms with E-state index in [4.69, 9.17) is 25.3 Å². The molecule has 13 heteroatoms. The molecule has 1 aliphatic heterocycles. The summed E-state index contributed by atoms with van der Waals surface area (Å²) in [6.07, 6.45) is -4.48. The molecule has 0 spiro atoms. The Kier molecular flexibility index (Phi) is 7.63. The summed E-state index contributed by atoms with van der Waals surface area (Å²) < 4.78 is 15.7. The molecule has 0 aliphatic carbocycles. The molecule has 3 unspecified atom stereocenters. The molecule has 0 N–H and O–H groups in total. The van der Waals surface area contributed by atoms with Gasteiger partial charge in [0.05, 0.1) is 11.7 Å². The number of rotatable bonds is 6. The lowest BCUT2D eigenvalue weighted by Gasteiger charge is -2.41. The fourth-order valence-corrected chi connectivity index (χ4v) is 2.28. The van der Waals surface area contributed by atoms with E-state index in [0.717, 1.165) is 13.8 Å². The Balaban J connectivity index is 3.32. The maximum Gasteiger partial charge on any atom is 0.303 e. The van der Waals surface area contributed by atoms with Crippen molar-refractivity contribution in [1.82, 2.24) is 0 Å². The minimum Gasteiger partial charge on any atom is -0.459 e. The third kappa shape index (κ3) is 5.20. The number of aliphatic imine (C=N–C) groups is 1. The highest BCUT2D eigenvalue weighted by Gasteiger charge is 2.49. The number of carbonyl (C=O) groups is 2. The quantitative estimate of drug-likeness (QED) is 0.175. The highest BCUT2D eigenvalue weighted by Crippen LogP contribution is 2.29. The molecule has 1 fully saturated rings. The van der Waals surface area contributed by atoms with Crippen LogP contribution in [-0.4, -0.2) is 54.2 Å². The lowest BCUT2D eigenvalue weighted by Crippen LogP contribution is -2.59. The number of azide groups is 2. The molecule has 1 heterocycles. The third-order valence-corrected chi connectivity index (χ3v) is 3.03. The van der Waals surface area contributed by atoms with Crippen LogP contribution in [0.25, 0.3) is 20.9 Å². The van der Waals surface area contributed by atoms with Gasteiger partial charge in [-0.05, 0) is 23.3 Å². The normalized spacial score (nSPS) is 28.3. The van der Waals surface area contributed by atoms with Crippen molar-refractivity contribution in [2.24, 2.45) is 15.2 Å². The molecule has 0 aromatic heterocycles. The van der Waals surface area contributed by atoms with Gasteiger partial charge in [0, 0.05) is 23.7 Å². The SMILES string of the molecule is CC(=O)OC1C(N=[N+]=[N-])[C@@H](OC(C)=O)C(CN=[N+]=[N-])O[C@H]1N=C=S. The van der Waals surface area contributed by atoms with Crippen LogP contribution in [0, 0.1) is 0 Å². The average molecular weight is 355 g/mol. The first-order valence-electron chi connectivity index (χ1n) is 6.56. The summed E-state index contributed by atoms with van der Waals surface area (Å²) in [4.78, 5) is 31.7. The standard InChI is InChI=1S/C11H13N7O5S/c1-5(19)21-9-7(3-15-17-12)23-11(14-4-24)10(22-6(2)20)8(9)16-18-13/h7-11H,3H2,1-2H3/t7?,8?,9-,10?,11+/m0/s1. The first-order valence-corrected chi connectivity index (χ1v) is 6.97. The van der Waals surface area contributed by atoms with Gasteiger partial charge >= 0.3 is 11.9 Å². The number of nitrogens with zero attached hydrogens (tertiary/aromatic N) is 7. The van der Waals surface area contributed by atoms with Crippen LogP contribution in [-0.2, 0) is 23.8 Å². The molecular weight excluding hydrogens is 342 g/mol. The maximum atomic E-state index is 11.3. The molecule has 0 radical (unpaired) electrons. The van der Waals surface area contributed by atoms with E-state index in [0.29, 0.717) is 0 Å². The van der Waals surface area contributed by atoms with Crippen LogP contribution in [0.4, 0.5) is 0 Å². The molecular formula is C11H13N7O5S. The second kappa shape index (κ2) is 9.46. The van der Waals surface area contributed by atoms with Crippen molar-refractivity contribution in [3.63, 3.8) is 0 Å². The number of hydrogen-bond acceptors (Lipinski definition) is 9. The van der Waals surface area contributed by atoms with E-state index in [1.54, 1.807) is 0 Å². The summed E-state index contributed by atoms with van der Waals surface area (Å²) in [7, 11) is 0. The molecule has 24 heavy (non-hydrogen) atoms. The van der Waals surface area contributed by atoms with Crippen molar-refractivity contribution in [3.8, 4) is 0 Å². The Morgan fingerprint density at radius 2 is 1.83 bits per heavy atom. The van der Waals surface area contributed by atoms with E-state index in [9.17, 15) is 9.59 Å². The lowest BCUT2D eigenvalue weighted by atomic mass is 9.95. The monoisotopic (exact) mass is 355 g/mol. The van der Waals surface area contributed by atoms with Crippen LogP contribution < -0.4 is 0 Å². The topological polar surface area (TPSA) is 172 Å². The second-order valence-corrected chi connectivity index (χ2v) is 4.73. The van der Waals surface area contributed by atoms with Gasteiger partial charge in [0.1, 0.15) is 18.2 Å². The van der Waals surface area contributed by atoms with Gasteiger partial charge in [0.15, 0.2) is 12.3 Å². The van der Waals surface area contributed by atoms with Crippen molar-refractivity contribution >= 4 is 29.3 Å². The van der Waals surface area contributed by atoms with Crippen molar-refractivity contribution in [1.29, 1.82) is 0 Å². The number of thiocarbonyl (C=S) groups is 1. The van der Waals surface area contributed by atoms with E-state index in [1.165, 1.54) is 0 Å². The summed E-state index contributed by atoms with van der Waals surface area (Å²) in [6, 6.07) is -1.16. The predicted molar refractivity (Wildman–Crippen MR) is 81.7 cm³/mol. The molecule has 1 saturated heterocycles. The Morgan fingerprint density at radius 1 is 1.21 bits per heavy atom. The van der Waals surface area contributed by atoms with E-state index >= 15 is 0 Å². The molecule has 1 rings (SSSR count). The van der Waals surface area contributed by atoms with E-state index in [1.807, 2.05) is 0 Å². The Labute approximate surface area is 141 Å². The summed E-state index contributed by atoms with van der Waals surface area (Å²) in [5, 5.41) is 8.98. The first kappa shape index (κ1) is 19.4. The van der Waals surface area contributed by atoms with Gasteiger partial charge < -0.3 is 14.2 Å². The Bertz CT molecular complexity index is 639. The number of hydrogen-bond donors (Lipinski definition) is 0. The van der Waals surface area contributed by atoms with Crippen LogP contribution in [0.3, 0.4) is 0 Å². The molecule has 1 aliphatic rings. The smallest absolute Gasteiger partial charge is 0.303 e. The van der Waals surface area contributed by atoms with Crippen molar-refractivity contribution < 1.29 is 23.8 Å². The third-order valence-electron chi connectivity index (χ3n) is 2.93. The van der Waals surface area contributed by atoms with E-state index in [-0.39, 0.29) is 6.54 Å². The summed E-state index contributed by atoms with van der Waals surface area (Å²) in [5.74, 6) is -1.38. The zero-order valence-electron chi connectivity index (χ0n) is 12.7. The fraction of sp³-hybridized carbons (Fsp3) is 0.727. The molecule has 0 aromatic rings. The van der Waals surface area contributed by atoms with Gasteiger partial charge in [0.25, 0.3) is 0 Å². The van der Waals surface area contributed by atoms with Gasteiger partial charge in [-0.1, -0.05) is 10.2 Å². The van der Waals surface area contributed by atoms with Crippen molar-refractivity contribution in [3.05, 3.63) is 20.9 Å². The predicted octanol–water partition coefficient (Wildman–Crippen LogP) is 1.67. The molecule has 128 valence electrons. The van der Waals surface area contributed by atoms with Crippen LogP contribution in [0.2, 0.25) is 0 Å². The van der Waals surface area contributed by atoms with Crippen molar-refractivity contribution in [2.75, 3.05) is 6.54 Å². The Morgan fingerprint density at radius 3 is 2.33 bits per heavy atom. The molecule has 0 saturated carbocycles. The molecule has 12 nitrogen and oxygen atoms in total. The minimum atomic E-state index is -1.19. The lowest BCUT2D eigenvalue weighted by molar-refractivity contribution is -0.204. The summed E-state index contributed by atoms with van der Waals surface area (Å²) in [5.41, 5.74) is 17.3.